The van der Waals surface area contributed by atoms with Gasteiger partial charge in [0.1, 0.15) is 0 Å². The molecule has 0 aliphatic heterocycles. The van der Waals surface area contributed by atoms with Gasteiger partial charge in [-0.2, -0.15) is 13.2 Å². The number of anilines is 1. The molecule has 1 aromatic carbocycles. The minimum Gasteiger partial charge on any atom is -0.398 e. The van der Waals surface area contributed by atoms with Crippen LogP contribution in [0.5, 0.6) is 0 Å². The third kappa shape index (κ3) is 4.67. The van der Waals surface area contributed by atoms with Crippen molar-refractivity contribution in [1.29, 1.82) is 0 Å². The summed E-state index contributed by atoms with van der Waals surface area (Å²) in [7, 11) is 0. The van der Waals surface area contributed by atoms with Crippen LogP contribution in [-0.4, -0.2) is 23.6 Å². The molecule has 0 aromatic heterocycles. The fourth-order valence-electron chi connectivity index (χ4n) is 1.71. The van der Waals surface area contributed by atoms with Gasteiger partial charge in [-0.3, -0.25) is 4.79 Å². The normalized spacial score (nSPS) is 12.3. The molecular formula is C13H17F3N4O. The van der Waals surface area contributed by atoms with E-state index >= 15 is 0 Å². The molecule has 6 N–H and O–H groups in total. The number of halogens is 3. The lowest BCUT2D eigenvalue weighted by molar-refractivity contribution is -0.125. The number of hydrogen-bond donors (Lipinski definition) is 3. The topological polar surface area (TPSA) is 98.4 Å². The number of hydrazine groups is 1. The minimum absolute atomic E-state index is 0.128. The second-order valence-corrected chi connectivity index (χ2v) is 4.36. The quantitative estimate of drug-likeness (QED) is 0.439. The van der Waals surface area contributed by atoms with Crippen molar-refractivity contribution in [3.8, 4) is 0 Å². The molecule has 0 saturated carbocycles. The van der Waals surface area contributed by atoms with Crippen LogP contribution >= 0.6 is 0 Å². The van der Waals surface area contributed by atoms with Crippen molar-refractivity contribution >= 4 is 17.3 Å². The lowest BCUT2D eigenvalue weighted by Crippen LogP contribution is -2.29. The van der Waals surface area contributed by atoms with E-state index in [9.17, 15) is 18.0 Å². The zero-order valence-electron chi connectivity index (χ0n) is 11.4. The van der Waals surface area contributed by atoms with Crippen molar-refractivity contribution in [3.63, 3.8) is 0 Å². The number of alkyl halides is 3. The zero-order chi connectivity index (χ0) is 16.2. The highest BCUT2D eigenvalue weighted by Crippen LogP contribution is 2.28. The molecule has 0 saturated heterocycles. The van der Waals surface area contributed by atoms with Gasteiger partial charge in [0.25, 0.3) is 0 Å². The van der Waals surface area contributed by atoms with Gasteiger partial charge in [0, 0.05) is 23.4 Å². The summed E-state index contributed by atoms with van der Waals surface area (Å²) in [5.41, 5.74) is 11.7. The van der Waals surface area contributed by atoms with E-state index in [-0.39, 0.29) is 16.9 Å². The van der Waals surface area contributed by atoms with Crippen LogP contribution < -0.4 is 17.3 Å². The van der Waals surface area contributed by atoms with Crippen molar-refractivity contribution in [2.45, 2.75) is 19.5 Å². The molecule has 0 unspecified atom stereocenters. The molecule has 0 fully saturated rings. The Morgan fingerprint density at radius 2 is 2.00 bits per heavy atom. The monoisotopic (exact) mass is 302 g/mol. The fourth-order valence-corrected chi connectivity index (χ4v) is 1.71. The standard InChI is InChI=1S/C13H17F3N4O/c1-2-20(19)11(5-6-13(14,15)16)9-4-3-8(12(18)21)7-10(9)17/h3-5,7H,2,6,17,19H2,1H3,(H2,18,21)/b11-5-. The summed E-state index contributed by atoms with van der Waals surface area (Å²) in [6, 6.07) is 4.12. The Balaban J connectivity index is 3.24. The number of rotatable bonds is 5. The van der Waals surface area contributed by atoms with Gasteiger partial charge in [-0.1, -0.05) is 6.08 Å². The number of amides is 1. The van der Waals surface area contributed by atoms with Crippen molar-refractivity contribution in [3.05, 3.63) is 35.4 Å². The zero-order valence-corrected chi connectivity index (χ0v) is 11.4. The van der Waals surface area contributed by atoms with Crippen molar-refractivity contribution < 1.29 is 18.0 Å². The number of carbonyl (C=O) groups excluding carboxylic acids is 1. The van der Waals surface area contributed by atoms with Crippen LogP contribution in [0, 0.1) is 0 Å². The van der Waals surface area contributed by atoms with Gasteiger partial charge >= 0.3 is 6.18 Å². The number of nitrogen functional groups attached to an aromatic ring is 1. The summed E-state index contributed by atoms with van der Waals surface area (Å²) in [6.07, 6.45) is -4.52. The summed E-state index contributed by atoms with van der Waals surface area (Å²) >= 11 is 0. The van der Waals surface area contributed by atoms with Crippen molar-refractivity contribution in [2.75, 3.05) is 12.3 Å². The van der Waals surface area contributed by atoms with Gasteiger partial charge < -0.3 is 16.5 Å². The van der Waals surface area contributed by atoms with Crippen molar-refractivity contribution in [1.82, 2.24) is 5.01 Å². The molecule has 0 aliphatic rings. The molecule has 0 bridgehead atoms. The van der Waals surface area contributed by atoms with E-state index in [0.717, 1.165) is 11.1 Å². The summed E-state index contributed by atoms with van der Waals surface area (Å²) in [5.74, 6) is 5.02. The van der Waals surface area contributed by atoms with E-state index in [0.29, 0.717) is 12.1 Å². The fraction of sp³-hybridized carbons (Fsp3) is 0.308. The van der Waals surface area contributed by atoms with Gasteiger partial charge in [-0.25, -0.2) is 5.84 Å². The summed E-state index contributed by atoms with van der Waals surface area (Å²) < 4.78 is 37.1. The van der Waals surface area contributed by atoms with Crippen LogP contribution in [0.1, 0.15) is 29.3 Å². The lowest BCUT2D eigenvalue weighted by Gasteiger charge is -2.22. The number of allylic oxidation sites excluding steroid dienone is 1. The SMILES string of the molecule is CCN(N)/C(=C\CC(F)(F)F)c1ccc(C(N)=O)cc1N. The van der Waals surface area contributed by atoms with Crippen LogP contribution in [0.25, 0.3) is 5.70 Å². The Bertz CT molecular complexity index is 555. The van der Waals surface area contributed by atoms with Gasteiger partial charge in [-0.15, -0.1) is 0 Å². The summed E-state index contributed by atoms with van der Waals surface area (Å²) in [5, 5.41) is 1.15. The molecule has 1 aromatic rings. The second kappa shape index (κ2) is 6.49. The second-order valence-electron chi connectivity index (χ2n) is 4.36. The third-order valence-corrected chi connectivity index (χ3v) is 2.79. The first-order valence-corrected chi connectivity index (χ1v) is 6.14. The smallest absolute Gasteiger partial charge is 0.392 e. The largest absolute Gasteiger partial charge is 0.398 e. The van der Waals surface area contributed by atoms with E-state index in [1.165, 1.54) is 18.2 Å². The Morgan fingerprint density at radius 1 is 1.38 bits per heavy atom. The minimum atomic E-state index is -4.35. The molecule has 0 spiro atoms. The summed E-state index contributed by atoms with van der Waals surface area (Å²) in [6.45, 7) is 1.98. The number of primary amides is 1. The number of nitrogens with two attached hydrogens (primary N) is 3. The number of hydrogen-bond acceptors (Lipinski definition) is 4. The molecule has 1 rings (SSSR count). The van der Waals surface area contributed by atoms with Crippen molar-refractivity contribution in [2.24, 2.45) is 11.6 Å². The van der Waals surface area contributed by atoms with Crippen LogP contribution in [-0.2, 0) is 0 Å². The van der Waals surface area contributed by atoms with E-state index in [1.54, 1.807) is 6.92 Å². The average Bonchev–Trinajstić information content (AvgIpc) is 2.38. The first kappa shape index (κ1) is 16.8. The predicted octanol–water partition coefficient (Wildman–Crippen LogP) is 1.86. The molecule has 0 atom stereocenters. The van der Waals surface area contributed by atoms with Crippen LogP contribution in [0.4, 0.5) is 18.9 Å². The maximum absolute atomic E-state index is 12.4. The number of nitrogens with zero attached hydrogens (tertiary/aromatic N) is 1. The van der Waals surface area contributed by atoms with Gasteiger partial charge in [-0.05, 0) is 25.1 Å². The maximum atomic E-state index is 12.4. The number of benzene rings is 1. The molecule has 5 nitrogen and oxygen atoms in total. The highest BCUT2D eigenvalue weighted by atomic mass is 19.4. The first-order chi connectivity index (χ1) is 9.65. The predicted molar refractivity (Wildman–Crippen MR) is 74.6 cm³/mol. The molecule has 1 amide bonds. The Kier molecular flexibility index (Phi) is 5.20. The number of carbonyl (C=O) groups is 1. The molecular weight excluding hydrogens is 285 g/mol. The van der Waals surface area contributed by atoms with Crippen LogP contribution in [0.15, 0.2) is 24.3 Å². The van der Waals surface area contributed by atoms with E-state index in [4.69, 9.17) is 17.3 Å². The van der Waals surface area contributed by atoms with Crippen LogP contribution in [0.2, 0.25) is 0 Å². The average molecular weight is 302 g/mol. The molecule has 0 aliphatic carbocycles. The molecule has 116 valence electrons. The highest BCUT2D eigenvalue weighted by Gasteiger charge is 2.26. The van der Waals surface area contributed by atoms with E-state index in [2.05, 4.69) is 0 Å². The maximum Gasteiger partial charge on any atom is 0.392 e. The highest BCUT2D eigenvalue weighted by molar-refractivity contribution is 5.94. The Hall–Kier alpha value is -2.22. The molecule has 0 heterocycles. The first-order valence-electron chi connectivity index (χ1n) is 6.14. The lowest BCUT2D eigenvalue weighted by atomic mass is 10.0. The molecule has 0 radical (unpaired) electrons. The Labute approximate surface area is 120 Å². The summed E-state index contributed by atoms with van der Waals surface area (Å²) in [4.78, 5) is 11.0. The third-order valence-electron chi connectivity index (χ3n) is 2.79. The van der Waals surface area contributed by atoms with E-state index < -0.39 is 18.5 Å². The molecule has 8 heteroatoms. The molecule has 21 heavy (non-hydrogen) atoms. The van der Waals surface area contributed by atoms with Crippen LogP contribution in [0.3, 0.4) is 0 Å². The Morgan fingerprint density at radius 3 is 2.43 bits per heavy atom. The van der Waals surface area contributed by atoms with Gasteiger partial charge in [0.2, 0.25) is 5.91 Å². The van der Waals surface area contributed by atoms with Gasteiger partial charge in [0.05, 0.1) is 12.1 Å². The van der Waals surface area contributed by atoms with Gasteiger partial charge in [0.15, 0.2) is 0 Å². The van der Waals surface area contributed by atoms with E-state index in [1.807, 2.05) is 0 Å².